The molecule has 0 fully saturated rings. The molecule has 0 saturated carbocycles. The lowest BCUT2D eigenvalue weighted by Gasteiger charge is -2.14. The first-order chi connectivity index (χ1) is 12.5. The number of nitrogens with one attached hydrogen (secondary N) is 3. The van der Waals surface area contributed by atoms with Crippen LogP contribution in [0.25, 0.3) is 0 Å². The molecule has 26 heavy (non-hydrogen) atoms. The fourth-order valence-corrected chi connectivity index (χ4v) is 2.53. The zero-order valence-corrected chi connectivity index (χ0v) is 14.2. The molecule has 2 aromatic rings. The Kier molecular flexibility index (Phi) is 5.33. The summed E-state index contributed by atoms with van der Waals surface area (Å²) in [6.07, 6.45) is 0. The Morgan fingerprint density at radius 2 is 1.54 bits per heavy atom. The molecule has 1 atom stereocenters. The monoisotopic (exact) mass is 360 g/mol. The average Bonchev–Trinajstić information content (AvgIpc) is 3.04. The lowest BCUT2D eigenvalue weighted by atomic mass is 10.2. The van der Waals surface area contributed by atoms with Crippen molar-refractivity contribution >= 4 is 23.2 Å². The number of quaternary nitrogens is 1. The number of fused-ring (bicyclic) bond motifs is 1. The standard InChI is InChI=1S/C18H18FN3O4/c1-22(9-17(23)20-13-4-2-12(19)3-5-13)10-18(24)21-14-6-7-15-16(8-14)26-11-25-15/h2-8H,9-11H2,1H3,(H,20,23)(H,21,24)/p+1. The van der Waals surface area contributed by atoms with E-state index in [0.717, 1.165) is 0 Å². The van der Waals surface area contributed by atoms with Crippen molar-refractivity contribution in [2.75, 3.05) is 37.6 Å². The van der Waals surface area contributed by atoms with Crippen molar-refractivity contribution in [2.24, 2.45) is 0 Å². The van der Waals surface area contributed by atoms with Crippen molar-refractivity contribution in [3.8, 4) is 11.5 Å². The fourth-order valence-electron chi connectivity index (χ4n) is 2.53. The molecule has 2 aromatic carbocycles. The smallest absolute Gasteiger partial charge is 0.279 e. The second kappa shape index (κ2) is 7.83. The summed E-state index contributed by atoms with van der Waals surface area (Å²) in [7, 11) is 1.74. The molecule has 136 valence electrons. The highest BCUT2D eigenvalue weighted by Crippen LogP contribution is 2.34. The van der Waals surface area contributed by atoms with Crippen LogP contribution in [0.2, 0.25) is 0 Å². The molecule has 3 N–H and O–H groups in total. The fraction of sp³-hybridized carbons (Fsp3) is 0.222. The molecular formula is C18H19FN3O4+. The molecule has 1 aliphatic heterocycles. The van der Waals surface area contributed by atoms with Gasteiger partial charge in [0.15, 0.2) is 24.6 Å². The predicted molar refractivity (Wildman–Crippen MR) is 92.8 cm³/mol. The van der Waals surface area contributed by atoms with Gasteiger partial charge in [-0.15, -0.1) is 0 Å². The maximum absolute atomic E-state index is 12.9. The summed E-state index contributed by atoms with van der Waals surface area (Å²) in [6.45, 7) is 0.389. The number of benzene rings is 2. The van der Waals surface area contributed by atoms with Crippen molar-refractivity contribution in [3.05, 3.63) is 48.3 Å². The van der Waals surface area contributed by atoms with Gasteiger partial charge in [0.1, 0.15) is 5.82 Å². The van der Waals surface area contributed by atoms with E-state index in [1.807, 2.05) is 0 Å². The second-order valence-corrected chi connectivity index (χ2v) is 5.98. The van der Waals surface area contributed by atoms with Gasteiger partial charge in [-0.05, 0) is 36.4 Å². The molecule has 7 nitrogen and oxygen atoms in total. The van der Waals surface area contributed by atoms with Crippen LogP contribution in [0, 0.1) is 5.82 Å². The Hall–Kier alpha value is -3.13. The molecule has 0 spiro atoms. The Bertz CT molecular complexity index is 811. The largest absolute Gasteiger partial charge is 0.454 e. The zero-order chi connectivity index (χ0) is 18.5. The van der Waals surface area contributed by atoms with E-state index in [0.29, 0.717) is 27.8 Å². The van der Waals surface area contributed by atoms with Crippen molar-refractivity contribution in [1.29, 1.82) is 0 Å². The third-order valence-electron chi connectivity index (χ3n) is 3.71. The van der Waals surface area contributed by atoms with E-state index in [1.165, 1.54) is 24.3 Å². The van der Waals surface area contributed by atoms with E-state index in [2.05, 4.69) is 10.6 Å². The summed E-state index contributed by atoms with van der Waals surface area (Å²) in [5.41, 5.74) is 1.11. The van der Waals surface area contributed by atoms with Gasteiger partial charge >= 0.3 is 0 Å². The minimum Gasteiger partial charge on any atom is -0.454 e. The first-order valence-corrected chi connectivity index (χ1v) is 8.06. The molecule has 1 aliphatic rings. The predicted octanol–water partition coefficient (Wildman–Crippen LogP) is 0.646. The molecule has 1 unspecified atom stereocenters. The second-order valence-electron chi connectivity index (χ2n) is 5.98. The lowest BCUT2D eigenvalue weighted by molar-refractivity contribution is -0.862. The van der Waals surface area contributed by atoms with Crippen molar-refractivity contribution in [2.45, 2.75) is 0 Å². The van der Waals surface area contributed by atoms with Crippen molar-refractivity contribution in [1.82, 2.24) is 0 Å². The van der Waals surface area contributed by atoms with Crippen LogP contribution >= 0.6 is 0 Å². The van der Waals surface area contributed by atoms with Crippen LogP contribution < -0.4 is 25.0 Å². The summed E-state index contributed by atoms with van der Waals surface area (Å²) in [4.78, 5) is 24.8. The minimum absolute atomic E-state index is 0.103. The van der Waals surface area contributed by atoms with E-state index >= 15 is 0 Å². The number of anilines is 2. The van der Waals surface area contributed by atoms with Gasteiger partial charge in [0.2, 0.25) is 6.79 Å². The number of ether oxygens (including phenoxy) is 2. The maximum Gasteiger partial charge on any atom is 0.279 e. The molecule has 0 radical (unpaired) electrons. The summed E-state index contributed by atoms with van der Waals surface area (Å²) in [5, 5.41) is 5.43. The van der Waals surface area contributed by atoms with E-state index in [-0.39, 0.29) is 37.5 Å². The van der Waals surface area contributed by atoms with E-state index < -0.39 is 0 Å². The topological polar surface area (TPSA) is 81.1 Å². The quantitative estimate of drug-likeness (QED) is 0.707. The van der Waals surface area contributed by atoms with Crippen LogP contribution in [-0.2, 0) is 9.59 Å². The highest BCUT2D eigenvalue weighted by Gasteiger charge is 2.17. The first-order valence-electron chi connectivity index (χ1n) is 8.06. The molecule has 1 heterocycles. The number of halogens is 1. The SMILES string of the molecule is C[NH+](CC(=O)Nc1ccc(F)cc1)CC(=O)Nc1ccc2c(c1)OCO2. The van der Waals surface area contributed by atoms with Crippen LogP contribution in [0.5, 0.6) is 11.5 Å². The summed E-state index contributed by atoms with van der Waals surface area (Å²) < 4.78 is 23.3. The van der Waals surface area contributed by atoms with E-state index in [1.54, 1.807) is 25.2 Å². The van der Waals surface area contributed by atoms with Gasteiger partial charge in [-0.3, -0.25) is 9.59 Å². The molecule has 2 amide bonds. The van der Waals surface area contributed by atoms with Gasteiger partial charge in [-0.25, -0.2) is 4.39 Å². The third-order valence-corrected chi connectivity index (χ3v) is 3.71. The van der Waals surface area contributed by atoms with E-state index in [9.17, 15) is 14.0 Å². The third kappa shape index (κ3) is 4.70. The Morgan fingerprint density at radius 3 is 2.23 bits per heavy atom. The number of likely N-dealkylation sites (N-methyl/N-ethyl adjacent to an activating group) is 1. The van der Waals surface area contributed by atoms with Crippen LogP contribution in [0.1, 0.15) is 0 Å². The Morgan fingerprint density at radius 1 is 0.962 bits per heavy atom. The Labute approximate surface area is 149 Å². The molecule has 0 saturated heterocycles. The average molecular weight is 360 g/mol. The molecule has 8 heteroatoms. The number of amides is 2. The summed E-state index contributed by atoms with van der Waals surface area (Å²) in [6, 6.07) is 10.6. The van der Waals surface area contributed by atoms with Crippen LogP contribution in [-0.4, -0.2) is 38.7 Å². The number of rotatable bonds is 6. The van der Waals surface area contributed by atoms with Gasteiger partial charge in [-0.1, -0.05) is 0 Å². The van der Waals surface area contributed by atoms with Gasteiger partial charge < -0.3 is 25.0 Å². The van der Waals surface area contributed by atoms with Gasteiger partial charge in [0.05, 0.1) is 7.05 Å². The van der Waals surface area contributed by atoms with Gasteiger partial charge in [0.25, 0.3) is 11.8 Å². The molecule has 0 aromatic heterocycles. The Balaban J connectivity index is 1.46. The number of carbonyl (C=O) groups excluding carboxylic acids is 2. The molecule has 0 aliphatic carbocycles. The van der Waals surface area contributed by atoms with Gasteiger partial charge in [-0.2, -0.15) is 0 Å². The van der Waals surface area contributed by atoms with Crippen LogP contribution in [0.4, 0.5) is 15.8 Å². The molecular weight excluding hydrogens is 341 g/mol. The first kappa shape index (κ1) is 17.7. The van der Waals surface area contributed by atoms with Crippen molar-refractivity contribution < 1.29 is 28.4 Å². The molecule has 0 bridgehead atoms. The zero-order valence-electron chi connectivity index (χ0n) is 14.2. The highest BCUT2D eigenvalue weighted by molar-refractivity contribution is 5.93. The van der Waals surface area contributed by atoms with E-state index in [4.69, 9.17) is 9.47 Å². The van der Waals surface area contributed by atoms with Gasteiger partial charge in [0, 0.05) is 17.4 Å². The lowest BCUT2D eigenvalue weighted by Crippen LogP contribution is -3.11. The summed E-state index contributed by atoms with van der Waals surface area (Å²) >= 11 is 0. The minimum atomic E-state index is -0.370. The number of hydrogen-bond donors (Lipinski definition) is 3. The number of hydrogen-bond acceptors (Lipinski definition) is 4. The van der Waals surface area contributed by atoms with Crippen LogP contribution in [0.3, 0.4) is 0 Å². The molecule has 3 rings (SSSR count). The maximum atomic E-state index is 12.9. The highest BCUT2D eigenvalue weighted by atomic mass is 19.1. The normalized spacial score (nSPS) is 13.2. The van der Waals surface area contributed by atoms with Crippen LogP contribution in [0.15, 0.2) is 42.5 Å². The summed E-state index contributed by atoms with van der Waals surface area (Å²) in [5.74, 6) is 0.372. The van der Waals surface area contributed by atoms with Crippen molar-refractivity contribution in [3.63, 3.8) is 0 Å². The number of carbonyl (C=O) groups is 2.